The summed E-state index contributed by atoms with van der Waals surface area (Å²) >= 11 is 0. The normalized spacial score (nSPS) is 10.7. The first-order chi connectivity index (χ1) is 6.22. The molecule has 0 bridgehead atoms. The van der Waals surface area contributed by atoms with Crippen molar-refractivity contribution in [2.45, 2.75) is 13.8 Å². The molecule has 1 N–H and O–H groups in total. The van der Waals surface area contributed by atoms with Crippen molar-refractivity contribution >= 4 is 11.5 Å². The van der Waals surface area contributed by atoms with Crippen LogP contribution in [0.2, 0.25) is 0 Å². The van der Waals surface area contributed by atoms with E-state index in [0.29, 0.717) is 0 Å². The smallest absolute Gasteiger partial charge is 0.156 e. The van der Waals surface area contributed by atoms with Gasteiger partial charge in [-0.15, -0.1) is 0 Å². The first-order valence-corrected chi connectivity index (χ1v) is 4.22. The first-order valence-electron chi connectivity index (χ1n) is 4.22. The SMILES string of the molecule is CNc1c(C)nc2cc(C)cnn12. The third kappa shape index (κ3) is 1.14. The highest BCUT2D eigenvalue weighted by Gasteiger charge is 2.06. The lowest BCUT2D eigenvalue weighted by Gasteiger charge is -1.99. The van der Waals surface area contributed by atoms with Gasteiger partial charge in [-0.1, -0.05) is 0 Å². The van der Waals surface area contributed by atoms with E-state index in [1.54, 1.807) is 0 Å². The number of fused-ring (bicyclic) bond motifs is 1. The molecule has 68 valence electrons. The average molecular weight is 176 g/mol. The van der Waals surface area contributed by atoms with Crippen LogP contribution in [-0.2, 0) is 0 Å². The number of nitrogens with zero attached hydrogens (tertiary/aromatic N) is 3. The number of nitrogens with one attached hydrogen (secondary N) is 1. The molecule has 0 aromatic carbocycles. The van der Waals surface area contributed by atoms with Crippen LogP contribution in [0.4, 0.5) is 5.82 Å². The van der Waals surface area contributed by atoms with Gasteiger partial charge in [-0.05, 0) is 25.5 Å². The van der Waals surface area contributed by atoms with Crippen LogP contribution >= 0.6 is 0 Å². The highest BCUT2D eigenvalue weighted by molar-refractivity contribution is 5.53. The number of aromatic nitrogens is 3. The van der Waals surface area contributed by atoms with E-state index >= 15 is 0 Å². The Morgan fingerprint density at radius 3 is 2.85 bits per heavy atom. The standard InChI is InChI=1S/C9H12N4/c1-6-4-8-12-7(2)9(10-3)13(8)11-5-6/h4-5,10H,1-3H3. The summed E-state index contributed by atoms with van der Waals surface area (Å²) in [6.45, 7) is 3.98. The van der Waals surface area contributed by atoms with Crippen molar-refractivity contribution in [1.29, 1.82) is 0 Å². The maximum atomic E-state index is 4.38. The van der Waals surface area contributed by atoms with Gasteiger partial charge in [0.2, 0.25) is 0 Å². The fraction of sp³-hybridized carbons (Fsp3) is 0.333. The minimum Gasteiger partial charge on any atom is -0.372 e. The zero-order valence-corrected chi connectivity index (χ0v) is 8.00. The van der Waals surface area contributed by atoms with Gasteiger partial charge in [-0.25, -0.2) is 4.98 Å². The van der Waals surface area contributed by atoms with E-state index in [9.17, 15) is 0 Å². The van der Waals surface area contributed by atoms with Gasteiger partial charge < -0.3 is 5.32 Å². The van der Waals surface area contributed by atoms with Crippen LogP contribution < -0.4 is 5.32 Å². The van der Waals surface area contributed by atoms with E-state index in [0.717, 1.165) is 22.7 Å². The Morgan fingerprint density at radius 1 is 1.38 bits per heavy atom. The molecule has 0 amide bonds. The Kier molecular flexibility index (Phi) is 1.69. The lowest BCUT2D eigenvalue weighted by atomic mass is 10.3. The Balaban J connectivity index is 2.79. The third-order valence-corrected chi connectivity index (χ3v) is 2.02. The molecule has 4 heteroatoms. The molecule has 0 saturated carbocycles. The number of hydrogen-bond donors (Lipinski definition) is 1. The minimum atomic E-state index is 0.891. The summed E-state index contributed by atoms with van der Waals surface area (Å²) in [5, 5.41) is 7.34. The molecule has 0 spiro atoms. The summed E-state index contributed by atoms with van der Waals surface area (Å²) in [6.07, 6.45) is 1.83. The Hall–Kier alpha value is -1.58. The Morgan fingerprint density at radius 2 is 2.15 bits per heavy atom. The molecule has 0 aliphatic rings. The minimum absolute atomic E-state index is 0.891. The Bertz CT molecular complexity index is 444. The highest BCUT2D eigenvalue weighted by Crippen LogP contribution is 2.15. The van der Waals surface area contributed by atoms with Crippen molar-refractivity contribution in [2.75, 3.05) is 12.4 Å². The molecule has 2 heterocycles. The number of anilines is 1. The van der Waals surface area contributed by atoms with Gasteiger partial charge in [0.15, 0.2) is 11.5 Å². The zero-order valence-electron chi connectivity index (χ0n) is 8.00. The van der Waals surface area contributed by atoms with Crippen LogP contribution in [0.3, 0.4) is 0 Å². The van der Waals surface area contributed by atoms with E-state index in [1.807, 2.05) is 37.7 Å². The quantitative estimate of drug-likeness (QED) is 0.714. The van der Waals surface area contributed by atoms with E-state index in [1.165, 1.54) is 0 Å². The number of rotatable bonds is 1. The van der Waals surface area contributed by atoms with E-state index in [-0.39, 0.29) is 0 Å². The van der Waals surface area contributed by atoms with Crippen LogP contribution in [0.5, 0.6) is 0 Å². The van der Waals surface area contributed by atoms with Gasteiger partial charge in [0.05, 0.1) is 11.9 Å². The second kappa shape index (κ2) is 2.73. The largest absolute Gasteiger partial charge is 0.372 e. The van der Waals surface area contributed by atoms with E-state index in [4.69, 9.17) is 0 Å². The molecule has 0 unspecified atom stereocenters. The topological polar surface area (TPSA) is 42.2 Å². The number of aryl methyl sites for hydroxylation is 2. The van der Waals surface area contributed by atoms with Crippen LogP contribution in [0.15, 0.2) is 12.3 Å². The van der Waals surface area contributed by atoms with Crippen molar-refractivity contribution in [3.63, 3.8) is 0 Å². The van der Waals surface area contributed by atoms with Gasteiger partial charge in [0.25, 0.3) is 0 Å². The third-order valence-electron chi connectivity index (χ3n) is 2.02. The van der Waals surface area contributed by atoms with Crippen LogP contribution in [-0.4, -0.2) is 21.6 Å². The van der Waals surface area contributed by atoms with Crippen molar-refractivity contribution < 1.29 is 0 Å². The van der Waals surface area contributed by atoms with Crippen molar-refractivity contribution in [3.8, 4) is 0 Å². The molecule has 4 nitrogen and oxygen atoms in total. The maximum absolute atomic E-state index is 4.38. The molecule has 0 aliphatic carbocycles. The van der Waals surface area contributed by atoms with Crippen LogP contribution in [0.25, 0.3) is 5.65 Å². The number of imidazole rings is 1. The molecule has 0 radical (unpaired) electrons. The second-order valence-corrected chi connectivity index (χ2v) is 3.10. The highest BCUT2D eigenvalue weighted by atomic mass is 15.3. The summed E-state index contributed by atoms with van der Waals surface area (Å²) in [4.78, 5) is 4.38. The second-order valence-electron chi connectivity index (χ2n) is 3.10. The van der Waals surface area contributed by atoms with Gasteiger partial charge in [0, 0.05) is 7.05 Å². The summed E-state index contributed by atoms with van der Waals surface area (Å²) < 4.78 is 1.81. The van der Waals surface area contributed by atoms with Crippen LogP contribution in [0.1, 0.15) is 11.3 Å². The van der Waals surface area contributed by atoms with Crippen molar-refractivity contribution in [1.82, 2.24) is 14.6 Å². The fourth-order valence-corrected chi connectivity index (χ4v) is 1.43. The zero-order chi connectivity index (χ0) is 9.42. The molecular formula is C9H12N4. The average Bonchev–Trinajstić information content (AvgIpc) is 2.39. The molecule has 2 rings (SSSR count). The summed E-state index contributed by atoms with van der Waals surface area (Å²) in [5.41, 5.74) is 2.99. The molecule has 2 aromatic heterocycles. The predicted molar refractivity (Wildman–Crippen MR) is 52.0 cm³/mol. The lowest BCUT2D eigenvalue weighted by Crippen LogP contribution is -1.98. The maximum Gasteiger partial charge on any atom is 0.156 e. The monoisotopic (exact) mass is 176 g/mol. The lowest BCUT2D eigenvalue weighted by molar-refractivity contribution is 0.929. The molecule has 13 heavy (non-hydrogen) atoms. The molecule has 0 saturated heterocycles. The first kappa shape index (κ1) is 8.04. The molecule has 0 atom stereocenters. The van der Waals surface area contributed by atoms with Gasteiger partial charge in [-0.2, -0.15) is 9.61 Å². The van der Waals surface area contributed by atoms with Gasteiger partial charge in [0.1, 0.15) is 0 Å². The Labute approximate surface area is 76.6 Å². The van der Waals surface area contributed by atoms with Crippen molar-refractivity contribution in [2.24, 2.45) is 0 Å². The summed E-state index contributed by atoms with van der Waals surface area (Å²) in [6, 6.07) is 2.01. The molecule has 2 aromatic rings. The van der Waals surface area contributed by atoms with Crippen molar-refractivity contribution in [3.05, 3.63) is 23.5 Å². The van der Waals surface area contributed by atoms with E-state index in [2.05, 4.69) is 15.4 Å². The predicted octanol–water partition coefficient (Wildman–Crippen LogP) is 1.39. The summed E-state index contributed by atoms with van der Waals surface area (Å²) in [7, 11) is 1.87. The van der Waals surface area contributed by atoms with Gasteiger partial charge >= 0.3 is 0 Å². The molecule has 0 fully saturated rings. The molecule has 0 aliphatic heterocycles. The van der Waals surface area contributed by atoms with Gasteiger partial charge in [-0.3, -0.25) is 0 Å². The number of hydrogen-bond acceptors (Lipinski definition) is 3. The fourth-order valence-electron chi connectivity index (χ4n) is 1.43. The molecular weight excluding hydrogens is 164 g/mol. The van der Waals surface area contributed by atoms with E-state index < -0.39 is 0 Å². The summed E-state index contributed by atoms with van der Waals surface area (Å²) in [5.74, 6) is 0.954. The van der Waals surface area contributed by atoms with Crippen LogP contribution in [0, 0.1) is 13.8 Å².